The molecule has 1 unspecified atom stereocenters. The van der Waals surface area contributed by atoms with Crippen LogP contribution in [0.2, 0.25) is 0 Å². The number of alkyl halides is 1. The first-order valence-corrected chi connectivity index (χ1v) is 8.10. The van der Waals surface area contributed by atoms with Gasteiger partial charge in [-0.2, -0.15) is 0 Å². The first kappa shape index (κ1) is 17.8. The number of amides is 1. The van der Waals surface area contributed by atoms with Crippen LogP contribution in [0.3, 0.4) is 0 Å². The third-order valence-corrected chi connectivity index (χ3v) is 4.00. The molecule has 1 atom stereocenters. The smallest absolute Gasteiger partial charge is 0.251 e. The summed E-state index contributed by atoms with van der Waals surface area (Å²) < 4.78 is 5.60. The summed E-state index contributed by atoms with van der Waals surface area (Å²) in [5, 5.41) is 2.87. The van der Waals surface area contributed by atoms with Gasteiger partial charge in [0.2, 0.25) is 0 Å². The Hall–Kier alpha value is -1.22. The van der Waals surface area contributed by atoms with E-state index < -0.39 is 0 Å². The fourth-order valence-electron chi connectivity index (χ4n) is 2.24. The summed E-state index contributed by atoms with van der Waals surface area (Å²) in [5.41, 5.74) is 0.599. The number of rotatable bonds is 8. The number of ether oxygens (including phenoxy) is 1. The molecule has 3 nitrogen and oxygen atoms in total. The van der Waals surface area contributed by atoms with E-state index in [9.17, 15) is 4.79 Å². The van der Waals surface area contributed by atoms with Gasteiger partial charge >= 0.3 is 0 Å². The van der Waals surface area contributed by atoms with Crippen LogP contribution in [-0.2, 0) is 0 Å². The van der Waals surface area contributed by atoms with Crippen molar-refractivity contribution >= 4 is 17.5 Å². The highest BCUT2D eigenvalue weighted by Crippen LogP contribution is 2.18. The normalized spacial score (nSPS) is 12.5. The molecule has 0 saturated carbocycles. The molecule has 0 aromatic heterocycles. The van der Waals surface area contributed by atoms with Crippen LogP contribution in [0.4, 0.5) is 0 Å². The molecule has 0 fully saturated rings. The monoisotopic (exact) mass is 311 g/mol. The van der Waals surface area contributed by atoms with Crippen molar-refractivity contribution < 1.29 is 9.53 Å². The zero-order valence-electron chi connectivity index (χ0n) is 13.4. The van der Waals surface area contributed by atoms with E-state index in [1.54, 1.807) is 12.1 Å². The fourth-order valence-corrected chi connectivity index (χ4v) is 2.68. The van der Waals surface area contributed by atoms with Crippen LogP contribution in [0.25, 0.3) is 0 Å². The minimum absolute atomic E-state index is 0.0287. The van der Waals surface area contributed by atoms with Crippen molar-refractivity contribution in [1.82, 2.24) is 5.32 Å². The van der Waals surface area contributed by atoms with Crippen molar-refractivity contribution in [1.29, 1.82) is 0 Å². The van der Waals surface area contributed by atoms with Crippen molar-refractivity contribution in [3.05, 3.63) is 29.8 Å². The molecule has 0 aliphatic heterocycles. The summed E-state index contributed by atoms with van der Waals surface area (Å²) in [7, 11) is 0. The zero-order chi connectivity index (χ0) is 15.8. The Labute approximate surface area is 133 Å². The predicted octanol–water partition coefficient (Wildman–Crippen LogP) is 4.25. The second-order valence-electron chi connectivity index (χ2n) is 5.50. The number of hydrogen-bond donors (Lipinski definition) is 1. The minimum atomic E-state index is -0.110. The van der Waals surface area contributed by atoms with Crippen LogP contribution in [0.5, 0.6) is 5.75 Å². The lowest BCUT2D eigenvalue weighted by molar-refractivity contribution is 0.0950. The largest absolute Gasteiger partial charge is 0.491 e. The van der Waals surface area contributed by atoms with E-state index in [0.717, 1.165) is 12.8 Å². The molecule has 0 radical (unpaired) electrons. The van der Waals surface area contributed by atoms with Gasteiger partial charge in [0.1, 0.15) is 5.75 Å². The average molecular weight is 312 g/mol. The molecule has 118 valence electrons. The number of hydrogen-bond acceptors (Lipinski definition) is 2. The summed E-state index contributed by atoms with van der Waals surface area (Å²) in [6.07, 6.45) is 2.14. The van der Waals surface area contributed by atoms with E-state index >= 15 is 0 Å². The second kappa shape index (κ2) is 8.93. The van der Waals surface area contributed by atoms with Crippen LogP contribution in [-0.4, -0.2) is 23.9 Å². The Balaban J connectivity index is 2.59. The number of benzene rings is 1. The molecule has 1 rings (SSSR count). The van der Waals surface area contributed by atoms with Crippen molar-refractivity contribution in [3.8, 4) is 5.75 Å². The standard InChI is InChI=1S/C17H26ClNO2/c1-5-13(6-2)16(18)11-19-17(20)14-8-7-9-15(10-14)21-12(3)4/h7-10,12-13,16H,5-6,11H2,1-4H3,(H,19,20). The average Bonchev–Trinajstić information content (AvgIpc) is 2.45. The molecule has 0 saturated heterocycles. The van der Waals surface area contributed by atoms with Gasteiger partial charge in [0, 0.05) is 12.1 Å². The zero-order valence-corrected chi connectivity index (χ0v) is 14.1. The van der Waals surface area contributed by atoms with Crippen molar-refractivity contribution in [2.75, 3.05) is 6.54 Å². The van der Waals surface area contributed by atoms with Crippen LogP contribution >= 0.6 is 11.6 Å². The van der Waals surface area contributed by atoms with E-state index in [4.69, 9.17) is 16.3 Å². The first-order chi connectivity index (χ1) is 9.97. The number of nitrogens with one attached hydrogen (secondary N) is 1. The van der Waals surface area contributed by atoms with Crippen molar-refractivity contribution in [2.45, 2.75) is 52.0 Å². The summed E-state index contributed by atoms with van der Waals surface area (Å²) in [5.74, 6) is 1.03. The third-order valence-electron chi connectivity index (χ3n) is 3.49. The lowest BCUT2D eigenvalue weighted by Crippen LogP contribution is -2.33. The van der Waals surface area contributed by atoms with Crippen LogP contribution in [0, 0.1) is 5.92 Å². The Morgan fingerprint density at radius 1 is 1.29 bits per heavy atom. The maximum Gasteiger partial charge on any atom is 0.251 e. The lowest BCUT2D eigenvalue weighted by atomic mass is 9.99. The molecule has 1 aromatic rings. The molecule has 1 aromatic carbocycles. The molecule has 0 spiro atoms. The van der Waals surface area contributed by atoms with Gasteiger partial charge in [0.15, 0.2) is 0 Å². The van der Waals surface area contributed by atoms with Gasteiger partial charge in [-0.15, -0.1) is 11.6 Å². The molecular weight excluding hydrogens is 286 g/mol. The Kier molecular flexibility index (Phi) is 7.58. The quantitative estimate of drug-likeness (QED) is 0.729. The molecule has 1 amide bonds. The molecule has 0 aliphatic carbocycles. The Morgan fingerprint density at radius 2 is 1.95 bits per heavy atom. The van der Waals surface area contributed by atoms with Gasteiger partial charge in [-0.3, -0.25) is 4.79 Å². The lowest BCUT2D eigenvalue weighted by Gasteiger charge is -2.19. The highest BCUT2D eigenvalue weighted by atomic mass is 35.5. The maximum atomic E-state index is 12.2. The van der Waals surface area contributed by atoms with Crippen molar-refractivity contribution in [3.63, 3.8) is 0 Å². The van der Waals surface area contributed by atoms with Gasteiger partial charge in [-0.1, -0.05) is 32.8 Å². The SMILES string of the molecule is CCC(CC)C(Cl)CNC(=O)c1cccc(OC(C)C)c1. The summed E-state index contributed by atoms with van der Waals surface area (Å²) >= 11 is 6.34. The van der Waals surface area contributed by atoms with E-state index in [2.05, 4.69) is 19.2 Å². The number of halogens is 1. The predicted molar refractivity (Wildman–Crippen MR) is 88.3 cm³/mol. The molecule has 4 heteroatoms. The second-order valence-corrected chi connectivity index (χ2v) is 6.06. The fraction of sp³-hybridized carbons (Fsp3) is 0.588. The topological polar surface area (TPSA) is 38.3 Å². The van der Waals surface area contributed by atoms with Crippen molar-refractivity contribution in [2.24, 2.45) is 5.92 Å². The maximum absolute atomic E-state index is 12.2. The highest BCUT2D eigenvalue weighted by Gasteiger charge is 2.17. The summed E-state index contributed by atoms with van der Waals surface area (Å²) in [6, 6.07) is 7.22. The van der Waals surface area contributed by atoms with Crippen LogP contribution in [0.1, 0.15) is 50.9 Å². The molecule has 0 aliphatic rings. The number of carbonyl (C=O) groups is 1. The highest BCUT2D eigenvalue weighted by molar-refractivity contribution is 6.21. The number of carbonyl (C=O) groups excluding carboxylic acids is 1. The Bertz CT molecular complexity index is 444. The van der Waals surface area contributed by atoms with Gasteiger partial charge in [-0.25, -0.2) is 0 Å². The third kappa shape index (κ3) is 5.96. The van der Waals surface area contributed by atoms with Gasteiger partial charge < -0.3 is 10.1 Å². The minimum Gasteiger partial charge on any atom is -0.491 e. The first-order valence-electron chi connectivity index (χ1n) is 7.66. The molecule has 0 heterocycles. The summed E-state index contributed by atoms with van der Waals surface area (Å²) in [6.45, 7) is 8.65. The molecule has 21 heavy (non-hydrogen) atoms. The van der Waals surface area contributed by atoms with E-state index in [1.807, 2.05) is 26.0 Å². The van der Waals surface area contributed by atoms with E-state index in [-0.39, 0.29) is 17.4 Å². The molecular formula is C17H26ClNO2. The van der Waals surface area contributed by atoms with E-state index in [0.29, 0.717) is 23.8 Å². The molecule has 0 bridgehead atoms. The Morgan fingerprint density at radius 3 is 2.52 bits per heavy atom. The van der Waals surface area contributed by atoms with Gasteiger partial charge in [0.25, 0.3) is 5.91 Å². The van der Waals surface area contributed by atoms with Gasteiger partial charge in [0.05, 0.1) is 11.5 Å². The summed E-state index contributed by atoms with van der Waals surface area (Å²) in [4.78, 5) is 12.2. The van der Waals surface area contributed by atoms with Crippen LogP contribution in [0.15, 0.2) is 24.3 Å². The molecule has 1 N–H and O–H groups in total. The van der Waals surface area contributed by atoms with Crippen LogP contribution < -0.4 is 10.1 Å². The van der Waals surface area contributed by atoms with Gasteiger partial charge in [-0.05, 0) is 38.0 Å². The van der Waals surface area contributed by atoms with E-state index in [1.165, 1.54) is 0 Å².